The van der Waals surface area contributed by atoms with Crippen LogP contribution < -0.4 is 4.74 Å². The van der Waals surface area contributed by atoms with Crippen LogP contribution in [0.1, 0.15) is 13.8 Å². The van der Waals surface area contributed by atoms with Crippen LogP contribution in [0, 0.1) is 11.3 Å². The van der Waals surface area contributed by atoms with E-state index in [0.717, 1.165) is 13.1 Å². The minimum absolute atomic E-state index is 0.00623. The zero-order valence-electron chi connectivity index (χ0n) is 12.6. The Balaban J connectivity index is 1.80. The molecule has 0 N–H and O–H groups in total. The summed E-state index contributed by atoms with van der Waals surface area (Å²) in [5, 5.41) is 9.14. The number of para-hydroxylation sites is 1. The first-order chi connectivity index (χ1) is 10.0. The van der Waals surface area contributed by atoms with Gasteiger partial charge in [-0.25, -0.2) is 0 Å². The Labute approximate surface area is 125 Å². The Kier molecular flexibility index (Phi) is 4.81. The molecule has 5 heteroatoms. The summed E-state index contributed by atoms with van der Waals surface area (Å²) in [6.45, 7) is 6.59. The lowest BCUT2D eigenvalue weighted by Gasteiger charge is -2.40. The van der Waals surface area contributed by atoms with Gasteiger partial charge >= 0.3 is 0 Å². The average molecular weight is 287 g/mol. The van der Waals surface area contributed by atoms with E-state index in [-0.39, 0.29) is 12.5 Å². The normalized spacial score (nSPS) is 16.3. The van der Waals surface area contributed by atoms with Crippen LogP contribution in [0.2, 0.25) is 0 Å². The highest BCUT2D eigenvalue weighted by molar-refractivity contribution is 5.77. The largest absolute Gasteiger partial charge is 0.484 e. The molecule has 1 aliphatic rings. The van der Waals surface area contributed by atoms with Crippen molar-refractivity contribution >= 4 is 5.91 Å². The molecule has 1 heterocycles. The predicted molar refractivity (Wildman–Crippen MR) is 79.8 cm³/mol. The summed E-state index contributed by atoms with van der Waals surface area (Å²) in [6, 6.07) is 11.6. The Morgan fingerprint density at radius 2 is 1.86 bits per heavy atom. The number of piperazine rings is 1. The van der Waals surface area contributed by atoms with Gasteiger partial charge in [0.2, 0.25) is 0 Å². The lowest BCUT2D eigenvalue weighted by atomic mass is 10.0. The van der Waals surface area contributed by atoms with Crippen molar-refractivity contribution in [1.29, 1.82) is 5.26 Å². The number of rotatable bonds is 4. The molecule has 1 saturated heterocycles. The summed E-state index contributed by atoms with van der Waals surface area (Å²) in [5.74, 6) is 0.698. The fourth-order valence-electron chi connectivity index (χ4n) is 2.34. The maximum Gasteiger partial charge on any atom is 0.260 e. The fraction of sp³-hybridized carbons (Fsp3) is 0.500. The molecule has 0 spiro atoms. The molecule has 1 fully saturated rings. The molecule has 0 saturated carbocycles. The molecule has 1 amide bonds. The molecule has 1 aliphatic heterocycles. The Bertz CT molecular complexity index is 514. The molecule has 5 nitrogen and oxygen atoms in total. The molecule has 0 radical (unpaired) electrons. The van der Waals surface area contributed by atoms with E-state index in [1.165, 1.54) is 0 Å². The molecule has 0 bridgehead atoms. The van der Waals surface area contributed by atoms with E-state index in [0.29, 0.717) is 18.8 Å². The summed E-state index contributed by atoms with van der Waals surface area (Å²) in [7, 11) is 0. The fourth-order valence-corrected chi connectivity index (χ4v) is 2.34. The van der Waals surface area contributed by atoms with Crippen LogP contribution >= 0.6 is 0 Å². The van der Waals surface area contributed by atoms with Gasteiger partial charge in [0.1, 0.15) is 11.3 Å². The number of carbonyl (C=O) groups excluding carboxylic acids is 1. The highest BCUT2D eigenvalue weighted by Crippen LogP contribution is 2.16. The Morgan fingerprint density at radius 1 is 1.24 bits per heavy atom. The molecule has 1 aromatic carbocycles. The second-order valence-corrected chi connectivity index (χ2v) is 5.64. The van der Waals surface area contributed by atoms with Crippen molar-refractivity contribution in [2.24, 2.45) is 0 Å². The van der Waals surface area contributed by atoms with Gasteiger partial charge in [0.25, 0.3) is 5.91 Å². The number of ether oxygens (including phenoxy) is 1. The third-order valence-electron chi connectivity index (χ3n) is 3.80. The van der Waals surface area contributed by atoms with Gasteiger partial charge < -0.3 is 9.64 Å². The van der Waals surface area contributed by atoms with Gasteiger partial charge in [0.15, 0.2) is 6.61 Å². The SMILES string of the molecule is CC(C)(C#N)N1CCN(C(=O)COc2ccccc2)CC1. The lowest BCUT2D eigenvalue weighted by Crippen LogP contribution is -2.55. The van der Waals surface area contributed by atoms with Crippen molar-refractivity contribution in [3.63, 3.8) is 0 Å². The van der Waals surface area contributed by atoms with Gasteiger partial charge in [-0.2, -0.15) is 5.26 Å². The van der Waals surface area contributed by atoms with Crippen molar-refractivity contribution in [3.8, 4) is 11.8 Å². The molecular weight excluding hydrogens is 266 g/mol. The van der Waals surface area contributed by atoms with Gasteiger partial charge in [-0.1, -0.05) is 18.2 Å². The molecular formula is C16H21N3O2. The lowest BCUT2D eigenvalue weighted by molar-refractivity contribution is -0.135. The second kappa shape index (κ2) is 6.59. The minimum Gasteiger partial charge on any atom is -0.484 e. The molecule has 112 valence electrons. The van der Waals surface area contributed by atoms with Crippen LogP contribution in [0.15, 0.2) is 30.3 Å². The maximum atomic E-state index is 12.1. The number of nitrogens with zero attached hydrogens (tertiary/aromatic N) is 3. The number of amides is 1. The molecule has 0 aliphatic carbocycles. The summed E-state index contributed by atoms with van der Waals surface area (Å²) in [6.07, 6.45) is 0. The van der Waals surface area contributed by atoms with Gasteiger partial charge in [-0.3, -0.25) is 9.69 Å². The number of hydrogen-bond acceptors (Lipinski definition) is 4. The van der Waals surface area contributed by atoms with Crippen LogP contribution in [0.25, 0.3) is 0 Å². The van der Waals surface area contributed by atoms with E-state index in [4.69, 9.17) is 10.00 Å². The van der Waals surface area contributed by atoms with Crippen molar-refractivity contribution < 1.29 is 9.53 Å². The predicted octanol–water partition coefficient (Wildman–Crippen LogP) is 1.51. The van der Waals surface area contributed by atoms with Crippen LogP contribution in [-0.2, 0) is 4.79 Å². The molecule has 2 rings (SSSR count). The first-order valence-corrected chi connectivity index (χ1v) is 7.15. The van der Waals surface area contributed by atoms with Crippen molar-refractivity contribution in [2.75, 3.05) is 32.8 Å². The number of hydrogen-bond donors (Lipinski definition) is 0. The van der Waals surface area contributed by atoms with Crippen LogP contribution in [0.4, 0.5) is 0 Å². The quantitative estimate of drug-likeness (QED) is 0.842. The van der Waals surface area contributed by atoms with E-state index in [1.54, 1.807) is 4.90 Å². The zero-order valence-corrected chi connectivity index (χ0v) is 12.6. The summed E-state index contributed by atoms with van der Waals surface area (Å²) >= 11 is 0. The molecule has 0 atom stereocenters. The monoisotopic (exact) mass is 287 g/mol. The molecule has 21 heavy (non-hydrogen) atoms. The third-order valence-corrected chi connectivity index (χ3v) is 3.80. The van der Waals surface area contributed by atoms with E-state index in [2.05, 4.69) is 11.0 Å². The van der Waals surface area contributed by atoms with Crippen LogP contribution in [0.3, 0.4) is 0 Å². The Hall–Kier alpha value is -2.06. The second-order valence-electron chi connectivity index (χ2n) is 5.64. The summed E-state index contributed by atoms with van der Waals surface area (Å²) < 4.78 is 5.48. The zero-order chi connectivity index (χ0) is 15.3. The van der Waals surface area contributed by atoms with Gasteiger partial charge in [0, 0.05) is 26.2 Å². The highest BCUT2D eigenvalue weighted by Gasteiger charge is 2.31. The first kappa shape index (κ1) is 15.3. The third kappa shape index (κ3) is 3.96. The standard InChI is InChI=1S/C16H21N3O2/c1-16(2,13-17)19-10-8-18(9-11-19)15(20)12-21-14-6-4-3-5-7-14/h3-7H,8-12H2,1-2H3. The Morgan fingerprint density at radius 3 is 2.43 bits per heavy atom. The molecule has 1 aromatic rings. The van der Waals surface area contributed by atoms with Crippen LogP contribution in [0.5, 0.6) is 5.75 Å². The molecule has 0 aromatic heterocycles. The van der Waals surface area contributed by atoms with Gasteiger partial charge in [-0.05, 0) is 26.0 Å². The van der Waals surface area contributed by atoms with Crippen LogP contribution in [-0.4, -0.2) is 54.0 Å². The number of benzene rings is 1. The van der Waals surface area contributed by atoms with Crippen molar-refractivity contribution in [2.45, 2.75) is 19.4 Å². The maximum absolute atomic E-state index is 12.1. The summed E-state index contributed by atoms with van der Waals surface area (Å²) in [5.41, 5.74) is -0.477. The summed E-state index contributed by atoms with van der Waals surface area (Å²) in [4.78, 5) is 16.0. The van der Waals surface area contributed by atoms with E-state index < -0.39 is 5.54 Å². The minimum atomic E-state index is -0.477. The van der Waals surface area contributed by atoms with Crippen molar-refractivity contribution in [1.82, 2.24) is 9.80 Å². The van der Waals surface area contributed by atoms with E-state index >= 15 is 0 Å². The van der Waals surface area contributed by atoms with Crippen molar-refractivity contribution in [3.05, 3.63) is 30.3 Å². The van der Waals surface area contributed by atoms with Gasteiger partial charge in [0.05, 0.1) is 6.07 Å². The highest BCUT2D eigenvalue weighted by atomic mass is 16.5. The topological polar surface area (TPSA) is 56.6 Å². The average Bonchev–Trinajstić information content (AvgIpc) is 2.53. The van der Waals surface area contributed by atoms with E-state index in [1.807, 2.05) is 44.2 Å². The van der Waals surface area contributed by atoms with E-state index in [9.17, 15) is 4.79 Å². The number of carbonyl (C=O) groups is 1. The first-order valence-electron chi connectivity index (χ1n) is 7.15. The smallest absolute Gasteiger partial charge is 0.260 e. The molecule has 0 unspecified atom stereocenters. The van der Waals surface area contributed by atoms with Gasteiger partial charge in [-0.15, -0.1) is 0 Å². The number of nitriles is 1.